The van der Waals surface area contributed by atoms with Crippen LogP contribution in [0.25, 0.3) is 0 Å². The molecule has 2 rings (SSSR count). The van der Waals surface area contributed by atoms with Gasteiger partial charge in [0.1, 0.15) is 6.10 Å². The molecular weight excluding hydrogens is 333 g/mol. The van der Waals surface area contributed by atoms with Crippen LogP contribution in [0.4, 0.5) is 4.39 Å². The lowest BCUT2D eigenvalue weighted by Crippen LogP contribution is -2.32. The van der Waals surface area contributed by atoms with Crippen LogP contribution in [0.2, 0.25) is 0 Å². The van der Waals surface area contributed by atoms with Gasteiger partial charge in [-0.25, -0.2) is 4.39 Å². The van der Waals surface area contributed by atoms with E-state index in [2.05, 4.69) is 15.9 Å². The van der Waals surface area contributed by atoms with E-state index in [0.29, 0.717) is 0 Å². The van der Waals surface area contributed by atoms with Gasteiger partial charge in [-0.05, 0) is 42.7 Å². The molecule has 4 heteroatoms. The standard InChI is InChI=1S/C17H19BrFNO/c1-3-15(20)17(13-7-5-4-6-11(13)2)21-16-10-12(18)8-9-14(16)19/h4-10,15,17H,3,20H2,1-2H3. The first kappa shape index (κ1) is 16.0. The van der Waals surface area contributed by atoms with Crippen molar-refractivity contribution in [2.24, 2.45) is 5.73 Å². The zero-order valence-electron chi connectivity index (χ0n) is 12.1. The third-order valence-electron chi connectivity index (χ3n) is 3.50. The predicted octanol–water partition coefficient (Wildman–Crippen LogP) is 4.75. The van der Waals surface area contributed by atoms with Gasteiger partial charge < -0.3 is 10.5 Å². The molecule has 0 heterocycles. The molecule has 2 atom stereocenters. The minimum Gasteiger partial charge on any atom is -0.481 e. The lowest BCUT2D eigenvalue weighted by molar-refractivity contribution is 0.163. The van der Waals surface area contributed by atoms with Crippen molar-refractivity contribution in [3.05, 3.63) is 63.9 Å². The summed E-state index contributed by atoms with van der Waals surface area (Å²) in [6.07, 6.45) is 0.370. The molecule has 0 saturated carbocycles. The van der Waals surface area contributed by atoms with Gasteiger partial charge in [-0.1, -0.05) is 47.1 Å². The molecular formula is C17H19BrFNO. The molecule has 2 unspecified atom stereocenters. The Kier molecular flexibility index (Phi) is 5.37. The molecule has 0 aliphatic rings. The Labute approximate surface area is 133 Å². The highest BCUT2D eigenvalue weighted by molar-refractivity contribution is 9.10. The van der Waals surface area contributed by atoms with Gasteiger partial charge in [-0.2, -0.15) is 0 Å². The minimum absolute atomic E-state index is 0.204. The first-order valence-electron chi connectivity index (χ1n) is 6.95. The molecule has 0 radical (unpaired) electrons. The summed E-state index contributed by atoms with van der Waals surface area (Å²) in [4.78, 5) is 0. The van der Waals surface area contributed by atoms with Crippen LogP contribution in [0.1, 0.15) is 30.6 Å². The number of benzene rings is 2. The summed E-state index contributed by atoms with van der Waals surface area (Å²) < 4.78 is 20.6. The highest BCUT2D eigenvalue weighted by atomic mass is 79.9. The van der Waals surface area contributed by atoms with Crippen molar-refractivity contribution in [1.29, 1.82) is 0 Å². The van der Waals surface area contributed by atoms with Gasteiger partial charge >= 0.3 is 0 Å². The van der Waals surface area contributed by atoms with Crippen LogP contribution >= 0.6 is 15.9 Å². The molecule has 21 heavy (non-hydrogen) atoms. The van der Waals surface area contributed by atoms with Gasteiger partial charge in [0.25, 0.3) is 0 Å². The van der Waals surface area contributed by atoms with Gasteiger partial charge in [0.15, 0.2) is 11.6 Å². The largest absolute Gasteiger partial charge is 0.481 e. The van der Waals surface area contributed by atoms with Gasteiger partial charge in [0.05, 0.1) is 0 Å². The number of nitrogens with two attached hydrogens (primary N) is 1. The summed E-state index contributed by atoms with van der Waals surface area (Å²) in [5.41, 5.74) is 8.27. The van der Waals surface area contributed by atoms with E-state index in [9.17, 15) is 4.39 Å². The summed E-state index contributed by atoms with van der Waals surface area (Å²) in [6.45, 7) is 4.00. The Bertz CT molecular complexity index is 617. The van der Waals surface area contributed by atoms with E-state index in [-0.39, 0.29) is 23.7 Å². The number of aryl methyl sites for hydroxylation is 1. The number of halogens is 2. The van der Waals surface area contributed by atoms with Gasteiger partial charge in [-0.3, -0.25) is 0 Å². The van der Waals surface area contributed by atoms with Gasteiger partial charge in [0.2, 0.25) is 0 Å². The maximum Gasteiger partial charge on any atom is 0.165 e. The van der Waals surface area contributed by atoms with Crippen molar-refractivity contribution in [1.82, 2.24) is 0 Å². The Morgan fingerprint density at radius 3 is 2.62 bits per heavy atom. The second kappa shape index (κ2) is 7.05. The molecule has 0 aliphatic carbocycles. The van der Waals surface area contributed by atoms with E-state index in [4.69, 9.17) is 10.5 Å². The number of rotatable bonds is 5. The highest BCUT2D eigenvalue weighted by Gasteiger charge is 2.23. The molecule has 2 aromatic rings. The molecule has 0 spiro atoms. The fourth-order valence-corrected chi connectivity index (χ4v) is 2.55. The first-order chi connectivity index (χ1) is 10.0. The molecule has 0 saturated heterocycles. The van der Waals surface area contributed by atoms with Crippen LogP contribution in [0.15, 0.2) is 46.9 Å². The van der Waals surface area contributed by atoms with Crippen molar-refractivity contribution in [3.63, 3.8) is 0 Å². The lowest BCUT2D eigenvalue weighted by Gasteiger charge is -2.26. The second-order valence-electron chi connectivity index (χ2n) is 5.04. The number of hydrogen-bond donors (Lipinski definition) is 1. The fraction of sp³-hybridized carbons (Fsp3) is 0.294. The topological polar surface area (TPSA) is 35.2 Å². The van der Waals surface area contributed by atoms with Crippen molar-refractivity contribution < 1.29 is 9.13 Å². The zero-order valence-corrected chi connectivity index (χ0v) is 13.7. The number of ether oxygens (including phenoxy) is 1. The quantitative estimate of drug-likeness (QED) is 0.843. The Balaban J connectivity index is 2.38. The highest BCUT2D eigenvalue weighted by Crippen LogP contribution is 2.31. The maximum absolute atomic E-state index is 13.9. The van der Waals surface area contributed by atoms with E-state index in [0.717, 1.165) is 22.0 Å². The van der Waals surface area contributed by atoms with Gasteiger partial charge in [-0.15, -0.1) is 0 Å². The third-order valence-corrected chi connectivity index (χ3v) is 4.00. The Morgan fingerprint density at radius 2 is 1.95 bits per heavy atom. The molecule has 112 valence electrons. The molecule has 2 N–H and O–H groups in total. The van der Waals surface area contributed by atoms with E-state index in [1.807, 2.05) is 38.1 Å². The van der Waals surface area contributed by atoms with Gasteiger partial charge in [0, 0.05) is 10.5 Å². The van der Waals surface area contributed by atoms with E-state index in [1.165, 1.54) is 6.07 Å². The van der Waals surface area contributed by atoms with Crippen molar-refractivity contribution in [2.75, 3.05) is 0 Å². The monoisotopic (exact) mass is 351 g/mol. The second-order valence-corrected chi connectivity index (χ2v) is 5.96. The van der Waals surface area contributed by atoms with E-state index >= 15 is 0 Å². The van der Waals surface area contributed by atoms with Crippen LogP contribution < -0.4 is 10.5 Å². The molecule has 0 fully saturated rings. The van der Waals surface area contributed by atoms with Crippen LogP contribution in [0.5, 0.6) is 5.75 Å². The summed E-state index contributed by atoms with van der Waals surface area (Å²) in [6, 6.07) is 12.3. The minimum atomic E-state index is -0.389. The van der Waals surface area contributed by atoms with Crippen molar-refractivity contribution in [2.45, 2.75) is 32.4 Å². The molecule has 2 nitrogen and oxygen atoms in total. The maximum atomic E-state index is 13.9. The Morgan fingerprint density at radius 1 is 1.24 bits per heavy atom. The average Bonchev–Trinajstić information content (AvgIpc) is 2.48. The first-order valence-corrected chi connectivity index (χ1v) is 7.75. The van der Waals surface area contributed by atoms with Crippen LogP contribution in [0.3, 0.4) is 0 Å². The number of hydrogen-bond acceptors (Lipinski definition) is 2. The summed E-state index contributed by atoms with van der Waals surface area (Å²) >= 11 is 3.33. The summed E-state index contributed by atoms with van der Waals surface area (Å²) in [5, 5.41) is 0. The molecule has 0 aromatic heterocycles. The van der Waals surface area contributed by atoms with Crippen LogP contribution in [0, 0.1) is 12.7 Å². The molecule has 2 aromatic carbocycles. The Hall–Kier alpha value is -1.39. The summed E-state index contributed by atoms with van der Waals surface area (Å²) in [5.74, 6) is -0.179. The predicted molar refractivity (Wildman–Crippen MR) is 86.9 cm³/mol. The van der Waals surface area contributed by atoms with Crippen molar-refractivity contribution >= 4 is 15.9 Å². The fourth-order valence-electron chi connectivity index (χ4n) is 2.21. The van der Waals surface area contributed by atoms with E-state index < -0.39 is 0 Å². The third kappa shape index (κ3) is 3.83. The molecule has 0 bridgehead atoms. The average molecular weight is 352 g/mol. The lowest BCUT2D eigenvalue weighted by atomic mass is 9.97. The summed E-state index contributed by atoms with van der Waals surface area (Å²) in [7, 11) is 0. The SMILES string of the molecule is CCC(N)C(Oc1cc(Br)ccc1F)c1ccccc1C. The smallest absolute Gasteiger partial charge is 0.165 e. The zero-order chi connectivity index (χ0) is 15.4. The van der Waals surface area contributed by atoms with Crippen molar-refractivity contribution in [3.8, 4) is 5.75 Å². The van der Waals surface area contributed by atoms with Crippen LogP contribution in [-0.4, -0.2) is 6.04 Å². The normalized spacial score (nSPS) is 13.8. The molecule has 0 aliphatic heterocycles. The molecule has 0 amide bonds. The van der Waals surface area contributed by atoms with Crippen LogP contribution in [-0.2, 0) is 0 Å². The van der Waals surface area contributed by atoms with E-state index in [1.54, 1.807) is 12.1 Å².